The van der Waals surface area contributed by atoms with Crippen LogP contribution in [0.5, 0.6) is 0 Å². The van der Waals surface area contributed by atoms with Gasteiger partial charge in [0.1, 0.15) is 0 Å². The monoisotopic (exact) mass is 344 g/mol. The Hall–Kier alpha value is -0.250. The average Bonchev–Trinajstić information content (AvgIpc) is 2.81. The molecular weight excluding hydrogens is 324 g/mol. The summed E-state index contributed by atoms with van der Waals surface area (Å²) in [5.74, 6) is 1.46. The minimum atomic E-state index is 0.722. The summed E-state index contributed by atoms with van der Waals surface area (Å²) in [5, 5.41) is 4.35. The Morgan fingerprint density at radius 1 is 1.47 bits per heavy atom. The topological polar surface area (TPSA) is 15.3 Å². The minimum Gasteiger partial charge on any atom is -0.370 e. The molecule has 0 radical (unpaired) electrons. The van der Waals surface area contributed by atoms with E-state index < -0.39 is 0 Å². The third-order valence-corrected chi connectivity index (χ3v) is 4.92. The van der Waals surface area contributed by atoms with E-state index in [-0.39, 0.29) is 0 Å². The van der Waals surface area contributed by atoms with Gasteiger partial charge >= 0.3 is 0 Å². The number of hydrogen-bond donors (Lipinski definition) is 1. The second kappa shape index (κ2) is 6.96. The number of anilines is 1. The van der Waals surface area contributed by atoms with E-state index in [0.29, 0.717) is 0 Å². The maximum atomic E-state index is 6.16. The lowest BCUT2D eigenvalue weighted by Crippen LogP contribution is -2.28. The number of nitrogens with one attached hydrogen (secondary N) is 1. The molecule has 106 valence electrons. The summed E-state index contributed by atoms with van der Waals surface area (Å²) in [6.45, 7) is 8.95. The fraction of sp³-hybridized carbons (Fsp3) is 0.600. The van der Waals surface area contributed by atoms with Crippen LogP contribution in [0, 0.1) is 11.8 Å². The maximum Gasteiger partial charge on any atom is 0.0595 e. The Morgan fingerprint density at radius 2 is 2.26 bits per heavy atom. The highest BCUT2D eigenvalue weighted by molar-refractivity contribution is 9.10. The van der Waals surface area contributed by atoms with E-state index in [2.05, 4.69) is 46.1 Å². The molecule has 2 nitrogen and oxygen atoms in total. The van der Waals surface area contributed by atoms with Crippen molar-refractivity contribution in [2.75, 3.05) is 31.1 Å². The fourth-order valence-corrected chi connectivity index (χ4v) is 3.22. The van der Waals surface area contributed by atoms with E-state index >= 15 is 0 Å². The van der Waals surface area contributed by atoms with Crippen LogP contribution >= 0.6 is 27.5 Å². The normalized spacial score (nSPS) is 19.4. The van der Waals surface area contributed by atoms with E-state index in [1.807, 2.05) is 12.1 Å². The van der Waals surface area contributed by atoms with Crippen molar-refractivity contribution in [1.82, 2.24) is 5.32 Å². The summed E-state index contributed by atoms with van der Waals surface area (Å²) in [4.78, 5) is 2.43. The van der Waals surface area contributed by atoms with Crippen molar-refractivity contribution in [2.45, 2.75) is 20.3 Å². The van der Waals surface area contributed by atoms with Gasteiger partial charge in [-0.3, -0.25) is 0 Å². The molecule has 0 aliphatic carbocycles. The number of halogens is 2. The smallest absolute Gasteiger partial charge is 0.0595 e. The van der Waals surface area contributed by atoms with Gasteiger partial charge in [0.15, 0.2) is 0 Å². The molecule has 19 heavy (non-hydrogen) atoms. The van der Waals surface area contributed by atoms with E-state index in [1.165, 1.54) is 12.1 Å². The molecule has 1 fully saturated rings. The number of rotatable bonds is 5. The van der Waals surface area contributed by atoms with Crippen molar-refractivity contribution in [2.24, 2.45) is 11.8 Å². The fourth-order valence-electron chi connectivity index (χ4n) is 2.53. The first kappa shape index (κ1) is 15.1. The zero-order chi connectivity index (χ0) is 13.8. The molecule has 4 heteroatoms. The summed E-state index contributed by atoms with van der Waals surface area (Å²) in [6.07, 6.45) is 1.25. The number of nitrogens with zero attached hydrogens (tertiary/aromatic N) is 1. The molecule has 0 amide bonds. The molecule has 1 saturated heterocycles. The van der Waals surface area contributed by atoms with Crippen molar-refractivity contribution in [3.63, 3.8) is 0 Å². The van der Waals surface area contributed by atoms with Crippen LogP contribution in [0.25, 0.3) is 0 Å². The Kier molecular flexibility index (Phi) is 5.55. The van der Waals surface area contributed by atoms with Crippen LogP contribution < -0.4 is 10.2 Å². The van der Waals surface area contributed by atoms with Gasteiger partial charge in [-0.15, -0.1) is 0 Å². The SMILES string of the molecule is CC(C)CNCC1CCN(c2cccc(Cl)c2Br)C1. The van der Waals surface area contributed by atoms with Crippen molar-refractivity contribution >= 4 is 33.2 Å². The van der Waals surface area contributed by atoms with Gasteiger partial charge in [-0.05, 0) is 59.4 Å². The first-order valence-electron chi connectivity index (χ1n) is 6.97. The molecule has 0 saturated carbocycles. The van der Waals surface area contributed by atoms with Crippen molar-refractivity contribution in [3.8, 4) is 0 Å². The van der Waals surface area contributed by atoms with E-state index in [9.17, 15) is 0 Å². The third kappa shape index (κ3) is 4.11. The Balaban J connectivity index is 1.89. The minimum absolute atomic E-state index is 0.722. The summed E-state index contributed by atoms with van der Waals surface area (Å²) in [7, 11) is 0. The lowest BCUT2D eigenvalue weighted by Gasteiger charge is -2.21. The van der Waals surface area contributed by atoms with Crippen LogP contribution in [0.2, 0.25) is 5.02 Å². The molecule has 1 aromatic carbocycles. The van der Waals surface area contributed by atoms with E-state index in [0.717, 1.165) is 47.5 Å². The maximum absolute atomic E-state index is 6.16. The third-order valence-electron chi connectivity index (χ3n) is 3.54. The summed E-state index contributed by atoms with van der Waals surface area (Å²) >= 11 is 9.75. The van der Waals surface area contributed by atoms with Gasteiger partial charge in [0, 0.05) is 13.1 Å². The molecule has 0 bridgehead atoms. The van der Waals surface area contributed by atoms with Crippen LogP contribution in [0.15, 0.2) is 22.7 Å². The second-order valence-electron chi connectivity index (χ2n) is 5.73. The molecule has 1 aromatic rings. The van der Waals surface area contributed by atoms with Crippen LogP contribution in [0.1, 0.15) is 20.3 Å². The van der Waals surface area contributed by atoms with Crippen LogP contribution in [-0.4, -0.2) is 26.2 Å². The molecule has 0 aromatic heterocycles. The van der Waals surface area contributed by atoms with Gasteiger partial charge < -0.3 is 10.2 Å². The van der Waals surface area contributed by atoms with E-state index in [4.69, 9.17) is 11.6 Å². The number of hydrogen-bond acceptors (Lipinski definition) is 2. The molecule has 1 aliphatic heterocycles. The highest BCUT2D eigenvalue weighted by atomic mass is 79.9. The van der Waals surface area contributed by atoms with Crippen molar-refractivity contribution in [1.29, 1.82) is 0 Å². The van der Waals surface area contributed by atoms with Gasteiger partial charge in [-0.25, -0.2) is 0 Å². The second-order valence-corrected chi connectivity index (χ2v) is 6.93. The molecule has 1 unspecified atom stereocenters. The summed E-state index contributed by atoms with van der Waals surface area (Å²) < 4.78 is 1.02. The van der Waals surface area contributed by atoms with Gasteiger partial charge in [-0.1, -0.05) is 31.5 Å². The highest BCUT2D eigenvalue weighted by Crippen LogP contribution is 2.35. The van der Waals surface area contributed by atoms with Crippen LogP contribution in [-0.2, 0) is 0 Å². The van der Waals surface area contributed by atoms with Crippen molar-refractivity contribution in [3.05, 3.63) is 27.7 Å². The zero-order valence-corrected chi connectivity index (χ0v) is 14.0. The predicted octanol–water partition coefficient (Wildman–Crippen LogP) is 4.17. The Morgan fingerprint density at radius 3 is 3.00 bits per heavy atom. The molecule has 1 atom stereocenters. The summed E-state index contributed by atoms with van der Waals surface area (Å²) in [6, 6.07) is 6.08. The van der Waals surface area contributed by atoms with Gasteiger partial charge in [0.2, 0.25) is 0 Å². The molecule has 1 N–H and O–H groups in total. The van der Waals surface area contributed by atoms with Crippen LogP contribution in [0.4, 0.5) is 5.69 Å². The molecular formula is C15H22BrClN2. The van der Waals surface area contributed by atoms with Gasteiger partial charge in [0.25, 0.3) is 0 Å². The lowest BCUT2D eigenvalue weighted by atomic mass is 10.1. The Bertz CT molecular complexity index is 423. The first-order valence-corrected chi connectivity index (χ1v) is 8.14. The predicted molar refractivity (Wildman–Crippen MR) is 87.2 cm³/mol. The number of benzene rings is 1. The molecule has 1 aliphatic rings. The first-order chi connectivity index (χ1) is 9.08. The van der Waals surface area contributed by atoms with Gasteiger partial charge in [-0.2, -0.15) is 0 Å². The summed E-state index contributed by atoms with van der Waals surface area (Å²) in [5.41, 5.74) is 1.22. The molecule has 2 rings (SSSR count). The highest BCUT2D eigenvalue weighted by Gasteiger charge is 2.24. The zero-order valence-electron chi connectivity index (χ0n) is 11.6. The van der Waals surface area contributed by atoms with Crippen molar-refractivity contribution < 1.29 is 0 Å². The Labute approximate surface area is 129 Å². The molecule has 0 spiro atoms. The average molecular weight is 346 g/mol. The largest absolute Gasteiger partial charge is 0.370 e. The van der Waals surface area contributed by atoms with E-state index in [1.54, 1.807) is 0 Å². The standard InChI is InChI=1S/C15H22BrClN2/c1-11(2)8-18-9-12-6-7-19(10-12)14-5-3-4-13(17)15(14)16/h3-5,11-12,18H,6-10H2,1-2H3. The molecule has 1 heterocycles. The quantitative estimate of drug-likeness (QED) is 0.861. The van der Waals surface area contributed by atoms with Crippen LogP contribution in [0.3, 0.4) is 0 Å². The van der Waals surface area contributed by atoms with Gasteiger partial charge in [0.05, 0.1) is 15.2 Å². The lowest BCUT2D eigenvalue weighted by molar-refractivity contribution is 0.477.